The summed E-state index contributed by atoms with van der Waals surface area (Å²) in [6, 6.07) is 11.4. The van der Waals surface area contributed by atoms with Crippen molar-refractivity contribution in [3.8, 4) is 0 Å². The molecular weight excluding hydrogens is 208 g/mol. The van der Waals surface area contributed by atoms with Gasteiger partial charge in [0.05, 0.1) is 0 Å². The summed E-state index contributed by atoms with van der Waals surface area (Å²) in [7, 11) is 2.26. The van der Waals surface area contributed by atoms with E-state index in [-0.39, 0.29) is 0 Å². The standard InChI is InChI=1S/C15H24N2/c1-17-12-6-5-9-15(17)10-11-16-13-14-7-3-2-4-8-14/h2-4,7-8,15-16H,5-6,9-13H2,1H3. The molecule has 1 aromatic carbocycles. The molecule has 1 N–H and O–H groups in total. The highest BCUT2D eigenvalue weighted by atomic mass is 15.1. The molecule has 0 radical (unpaired) electrons. The van der Waals surface area contributed by atoms with E-state index in [1.807, 2.05) is 0 Å². The minimum atomic E-state index is 0.798. The van der Waals surface area contributed by atoms with Gasteiger partial charge in [-0.25, -0.2) is 0 Å². The first-order valence-corrected chi connectivity index (χ1v) is 6.81. The Morgan fingerprint density at radius 2 is 2.06 bits per heavy atom. The minimum absolute atomic E-state index is 0.798. The summed E-state index contributed by atoms with van der Waals surface area (Å²) in [5.41, 5.74) is 1.38. The third-order valence-corrected chi connectivity index (χ3v) is 3.75. The monoisotopic (exact) mass is 232 g/mol. The van der Waals surface area contributed by atoms with E-state index in [0.29, 0.717) is 0 Å². The van der Waals surface area contributed by atoms with Crippen molar-refractivity contribution < 1.29 is 0 Å². The molecule has 17 heavy (non-hydrogen) atoms. The molecule has 0 spiro atoms. The van der Waals surface area contributed by atoms with Crippen LogP contribution in [0.2, 0.25) is 0 Å². The van der Waals surface area contributed by atoms with Crippen molar-refractivity contribution in [3.05, 3.63) is 35.9 Å². The fourth-order valence-electron chi connectivity index (χ4n) is 2.61. The molecule has 0 bridgehead atoms. The third kappa shape index (κ3) is 4.14. The van der Waals surface area contributed by atoms with E-state index in [9.17, 15) is 0 Å². The normalized spacial score (nSPS) is 21.6. The molecule has 1 unspecified atom stereocenters. The van der Waals surface area contributed by atoms with Gasteiger partial charge in [-0.3, -0.25) is 0 Å². The van der Waals surface area contributed by atoms with Crippen LogP contribution in [0.15, 0.2) is 30.3 Å². The van der Waals surface area contributed by atoms with Gasteiger partial charge < -0.3 is 10.2 Å². The molecule has 0 amide bonds. The maximum Gasteiger partial charge on any atom is 0.0205 e. The quantitative estimate of drug-likeness (QED) is 0.785. The summed E-state index contributed by atoms with van der Waals surface area (Å²) in [6.07, 6.45) is 5.45. The van der Waals surface area contributed by atoms with Crippen molar-refractivity contribution in [1.29, 1.82) is 0 Å². The maximum atomic E-state index is 3.54. The molecule has 2 nitrogen and oxygen atoms in total. The molecule has 1 atom stereocenters. The summed E-state index contributed by atoms with van der Waals surface area (Å²) in [6.45, 7) is 3.41. The van der Waals surface area contributed by atoms with E-state index in [1.54, 1.807) is 0 Å². The number of likely N-dealkylation sites (tertiary alicyclic amines) is 1. The van der Waals surface area contributed by atoms with Gasteiger partial charge in [-0.2, -0.15) is 0 Å². The summed E-state index contributed by atoms with van der Waals surface area (Å²) < 4.78 is 0. The highest BCUT2D eigenvalue weighted by Crippen LogP contribution is 2.17. The van der Waals surface area contributed by atoms with Gasteiger partial charge in [0.15, 0.2) is 0 Å². The highest BCUT2D eigenvalue weighted by Gasteiger charge is 2.17. The molecule has 94 valence electrons. The first kappa shape index (κ1) is 12.6. The van der Waals surface area contributed by atoms with Crippen molar-refractivity contribution in [2.45, 2.75) is 38.3 Å². The zero-order valence-corrected chi connectivity index (χ0v) is 10.9. The van der Waals surface area contributed by atoms with Crippen LogP contribution in [-0.4, -0.2) is 31.1 Å². The Bertz CT molecular complexity index is 310. The predicted molar refractivity (Wildman–Crippen MR) is 73.0 cm³/mol. The lowest BCUT2D eigenvalue weighted by Crippen LogP contribution is -2.38. The molecule has 1 heterocycles. The molecule has 1 fully saturated rings. The van der Waals surface area contributed by atoms with Gasteiger partial charge in [0, 0.05) is 12.6 Å². The van der Waals surface area contributed by atoms with Gasteiger partial charge in [-0.1, -0.05) is 36.8 Å². The van der Waals surface area contributed by atoms with Crippen molar-refractivity contribution in [1.82, 2.24) is 10.2 Å². The fourth-order valence-corrected chi connectivity index (χ4v) is 2.61. The molecule has 1 saturated heterocycles. The lowest BCUT2D eigenvalue weighted by molar-refractivity contribution is 0.175. The number of nitrogens with zero attached hydrogens (tertiary/aromatic N) is 1. The number of benzene rings is 1. The van der Waals surface area contributed by atoms with Gasteiger partial charge in [0.2, 0.25) is 0 Å². The second-order valence-electron chi connectivity index (χ2n) is 5.08. The van der Waals surface area contributed by atoms with Gasteiger partial charge in [0.25, 0.3) is 0 Å². The molecule has 2 rings (SSSR count). The largest absolute Gasteiger partial charge is 0.313 e. The smallest absolute Gasteiger partial charge is 0.0205 e. The van der Waals surface area contributed by atoms with Crippen LogP contribution in [0.1, 0.15) is 31.2 Å². The van der Waals surface area contributed by atoms with Crippen LogP contribution in [0.3, 0.4) is 0 Å². The van der Waals surface area contributed by atoms with Crippen LogP contribution < -0.4 is 5.32 Å². The van der Waals surface area contributed by atoms with Crippen LogP contribution in [0, 0.1) is 0 Å². The maximum absolute atomic E-state index is 3.54. The average Bonchev–Trinajstić information content (AvgIpc) is 2.38. The Kier molecular flexibility index (Phi) is 5.02. The Hall–Kier alpha value is -0.860. The topological polar surface area (TPSA) is 15.3 Å². The van der Waals surface area contributed by atoms with E-state index in [1.165, 1.54) is 37.8 Å². The van der Waals surface area contributed by atoms with E-state index in [4.69, 9.17) is 0 Å². The SMILES string of the molecule is CN1CCCCC1CCNCc1ccccc1. The number of piperidine rings is 1. The van der Waals surface area contributed by atoms with Gasteiger partial charge in [-0.05, 0) is 45.0 Å². The molecule has 1 aliphatic heterocycles. The summed E-state index contributed by atoms with van der Waals surface area (Å²) in [5.74, 6) is 0. The van der Waals surface area contributed by atoms with Crippen molar-refractivity contribution in [3.63, 3.8) is 0 Å². The first-order valence-electron chi connectivity index (χ1n) is 6.81. The number of nitrogens with one attached hydrogen (secondary N) is 1. The predicted octanol–water partition coefficient (Wildman–Crippen LogP) is 2.65. The lowest BCUT2D eigenvalue weighted by atomic mass is 10.0. The van der Waals surface area contributed by atoms with Crippen molar-refractivity contribution in [2.24, 2.45) is 0 Å². The van der Waals surface area contributed by atoms with Crippen LogP contribution in [0.25, 0.3) is 0 Å². The molecule has 0 aliphatic carbocycles. The zero-order chi connectivity index (χ0) is 11.9. The molecule has 1 aromatic rings. The fraction of sp³-hybridized carbons (Fsp3) is 0.600. The Morgan fingerprint density at radius 1 is 1.24 bits per heavy atom. The Morgan fingerprint density at radius 3 is 2.82 bits per heavy atom. The summed E-state index contributed by atoms with van der Waals surface area (Å²) in [4.78, 5) is 2.52. The average molecular weight is 232 g/mol. The molecular formula is C15H24N2. The van der Waals surface area contributed by atoms with Crippen LogP contribution in [-0.2, 0) is 6.54 Å². The Balaban J connectivity index is 1.63. The number of rotatable bonds is 5. The number of hydrogen-bond acceptors (Lipinski definition) is 2. The summed E-state index contributed by atoms with van der Waals surface area (Å²) in [5, 5.41) is 3.54. The lowest BCUT2D eigenvalue weighted by Gasteiger charge is -2.32. The third-order valence-electron chi connectivity index (χ3n) is 3.75. The zero-order valence-electron chi connectivity index (χ0n) is 10.9. The number of hydrogen-bond donors (Lipinski definition) is 1. The van der Waals surface area contributed by atoms with E-state index < -0.39 is 0 Å². The molecule has 2 heteroatoms. The molecule has 1 aliphatic rings. The van der Waals surface area contributed by atoms with Crippen LogP contribution >= 0.6 is 0 Å². The first-order chi connectivity index (χ1) is 8.36. The second-order valence-corrected chi connectivity index (χ2v) is 5.08. The van der Waals surface area contributed by atoms with Crippen LogP contribution in [0.5, 0.6) is 0 Å². The van der Waals surface area contributed by atoms with Crippen LogP contribution in [0.4, 0.5) is 0 Å². The van der Waals surface area contributed by atoms with Crippen molar-refractivity contribution in [2.75, 3.05) is 20.1 Å². The summed E-state index contributed by atoms with van der Waals surface area (Å²) >= 11 is 0. The molecule has 0 aromatic heterocycles. The van der Waals surface area contributed by atoms with Gasteiger partial charge >= 0.3 is 0 Å². The van der Waals surface area contributed by atoms with E-state index >= 15 is 0 Å². The second kappa shape index (κ2) is 6.77. The molecule has 0 saturated carbocycles. The Labute approximate surface area is 105 Å². The van der Waals surface area contributed by atoms with E-state index in [0.717, 1.165) is 19.1 Å². The van der Waals surface area contributed by atoms with E-state index in [2.05, 4.69) is 47.6 Å². The minimum Gasteiger partial charge on any atom is -0.313 e. The van der Waals surface area contributed by atoms with Gasteiger partial charge in [-0.15, -0.1) is 0 Å². The van der Waals surface area contributed by atoms with Crippen molar-refractivity contribution >= 4 is 0 Å². The highest BCUT2D eigenvalue weighted by molar-refractivity contribution is 5.14. The van der Waals surface area contributed by atoms with Gasteiger partial charge in [0.1, 0.15) is 0 Å².